The van der Waals surface area contributed by atoms with E-state index in [4.69, 9.17) is 10.8 Å². The van der Waals surface area contributed by atoms with Crippen LogP contribution in [-0.4, -0.2) is 17.2 Å². The molecule has 1 aliphatic carbocycles. The lowest BCUT2D eigenvalue weighted by atomic mass is 9.87. The molecular weight excluding hydrogens is 176 g/mol. The fourth-order valence-corrected chi connectivity index (χ4v) is 1.70. The highest BCUT2D eigenvalue weighted by Gasteiger charge is 2.24. The predicted octanol–water partition coefficient (Wildman–Crippen LogP) is 0.971. The molecule has 1 aromatic rings. The van der Waals surface area contributed by atoms with Gasteiger partial charge in [-0.25, -0.2) is 0 Å². The first-order valence-corrected chi connectivity index (χ1v) is 5.01. The van der Waals surface area contributed by atoms with Crippen LogP contribution >= 0.6 is 0 Å². The molecule has 0 spiro atoms. The molecule has 3 nitrogen and oxygen atoms in total. The molecule has 0 radical (unpaired) electrons. The number of nitrogens with two attached hydrogens (primary N) is 1. The SMILES string of the molecule is NC1CC(NCc2ccc(O)cc2)C1. The van der Waals surface area contributed by atoms with Crippen LogP contribution in [0.3, 0.4) is 0 Å². The zero-order valence-corrected chi connectivity index (χ0v) is 8.11. The van der Waals surface area contributed by atoms with Gasteiger partial charge in [0.15, 0.2) is 0 Å². The van der Waals surface area contributed by atoms with Crippen LogP contribution in [0, 0.1) is 0 Å². The van der Waals surface area contributed by atoms with E-state index in [9.17, 15) is 0 Å². The molecule has 0 unspecified atom stereocenters. The Morgan fingerprint density at radius 1 is 1.29 bits per heavy atom. The molecule has 1 saturated carbocycles. The van der Waals surface area contributed by atoms with Crippen molar-refractivity contribution < 1.29 is 5.11 Å². The van der Waals surface area contributed by atoms with Crippen molar-refractivity contribution in [3.8, 4) is 5.75 Å². The molecule has 0 amide bonds. The van der Waals surface area contributed by atoms with Gasteiger partial charge in [-0.15, -0.1) is 0 Å². The summed E-state index contributed by atoms with van der Waals surface area (Å²) in [6.07, 6.45) is 2.16. The van der Waals surface area contributed by atoms with Crippen LogP contribution in [0.5, 0.6) is 5.75 Å². The first kappa shape index (κ1) is 9.49. The topological polar surface area (TPSA) is 58.3 Å². The molecule has 76 valence electrons. The predicted molar refractivity (Wildman–Crippen MR) is 55.9 cm³/mol. The van der Waals surface area contributed by atoms with Gasteiger partial charge in [0.05, 0.1) is 0 Å². The molecular formula is C11H16N2O. The molecule has 0 bridgehead atoms. The number of nitrogens with one attached hydrogen (secondary N) is 1. The van der Waals surface area contributed by atoms with Crippen molar-refractivity contribution in [1.82, 2.24) is 5.32 Å². The van der Waals surface area contributed by atoms with Crippen molar-refractivity contribution >= 4 is 0 Å². The summed E-state index contributed by atoms with van der Waals surface area (Å²) >= 11 is 0. The van der Waals surface area contributed by atoms with E-state index in [1.807, 2.05) is 12.1 Å². The maximum Gasteiger partial charge on any atom is 0.115 e. The summed E-state index contributed by atoms with van der Waals surface area (Å²) in [6, 6.07) is 8.26. The van der Waals surface area contributed by atoms with E-state index < -0.39 is 0 Å². The summed E-state index contributed by atoms with van der Waals surface area (Å²) in [7, 11) is 0. The van der Waals surface area contributed by atoms with Crippen molar-refractivity contribution in [3.05, 3.63) is 29.8 Å². The first-order chi connectivity index (χ1) is 6.74. The third kappa shape index (κ3) is 2.25. The Morgan fingerprint density at radius 3 is 2.50 bits per heavy atom. The molecule has 4 N–H and O–H groups in total. The minimum Gasteiger partial charge on any atom is -0.508 e. The second kappa shape index (κ2) is 3.98. The standard InChI is InChI=1S/C11H16N2O/c12-9-5-10(6-9)13-7-8-1-3-11(14)4-2-8/h1-4,9-10,13-14H,5-7,12H2. The second-order valence-electron chi connectivity index (χ2n) is 3.98. The number of hydrogen-bond acceptors (Lipinski definition) is 3. The van der Waals surface area contributed by atoms with Gasteiger partial charge in [0, 0.05) is 18.6 Å². The summed E-state index contributed by atoms with van der Waals surface area (Å²) in [4.78, 5) is 0. The Hall–Kier alpha value is -1.06. The van der Waals surface area contributed by atoms with E-state index in [1.54, 1.807) is 12.1 Å². The molecule has 14 heavy (non-hydrogen) atoms. The van der Waals surface area contributed by atoms with Crippen LogP contribution in [0.25, 0.3) is 0 Å². The van der Waals surface area contributed by atoms with Gasteiger partial charge in [0.25, 0.3) is 0 Å². The average molecular weight is 192 g/mol. The average Bonchev–Trinajstić information content (AvgIpc) is 2.13. The first-order valence-electron chi connectivity index (χ1n) is 5.01. The van der Waals surface area contributed by atoms with Crippen LogP contribution in [-0.2, 0) is 6.54 Å². The van der Waals surface area contributed by atoms with Crippen LogP contribution in [0.15, 0.2) is 24.3 Å². The van der Waals surface area contributed by atoms with Crippen LogP contribution < -0.4 is 11.1 Å². The van der Waals surface area contributed by atoms with E-state index in [-0.39, 0.29) is 0 Å². The van der Waals surface area contributed by atoms with Gasteiger partial charge in [-0.2, -0.15) is 0 Å². The van der Waals surface area contributed by atoms with Gasteiger partial charge in [-0.3, -0.25) is 0 Å². The number of phenolic OH excluding ortho intramolecular Hbond substituents is 1. The molecule has 1 aromatic carbocycles. The smallest absolute Gasteiger partial charge is 0.115 e. The Morgan fingerprint density at radius 2 is 1.93 bits per heavy atom. The Kier molecular flexibility index (Phi) is 2.70. The molecule has 1 fully saturated rings. The molecule has 0 aliphatic heterocycles. The maximum atomic E-state index is 9.09. The lowest BCUT2D eigenvalue weighted by Crippen LogP contribution is -2.48. The molecule has 2 rings (SSSR count). The molecule has 0 aromatic heterocycles. The lowest BCUT2D eigenvalue weighted by molar-refractivity contribution is 0.291. The second-order valence-corrected chi connectivity index (χ2v) is 3.98. The highest BCUT2D eigenvalue weighted by Crippen LogP contribution is 2.18. The minimum atomic E-state index is 0.319. The summed E-state index contributed by atoms with van der Waals surface area (Å²) in [5.74, 6) is 0.319. The van der Waals surface area contributed by atoms with Crippen molar-refractivity contribution in [2.24, 2.45) is 5.73 Å². The van der Waals surface area contributed by atoms with E-state index in [0.29, 0.717) is 17.8 Å². The van der Waals surface area contributed by atoms with Crippen LogP contribution in [0.4, 0.5) is 0 Å². The Labute approximate surface area is 83.9 Å². The third-order valence-corrected chi connectivity index (χ3v) is 2.71. The number of aromatic hydroxyl groups is 1. The van der Waals surface area contributed by atoms with Crippen molar-refractivity contribution in [3.63, 3.8) is 0 Å². The zero-order chi connectivity index (χ0) is 9.97. The van der Waals surface area contributed by atoms with Gasteiger partial charge in [-0.05, 0) is 30.5 Å². The van der Waals surface area contributed by atoms with Crippen molar-refractivity contribution in [1.29, 1.82) is 0 Å². The van der Waals surface area contributed by atoms with E-state index in [1.165, 1.54) is 5.56 Å². The molecule has 0 atom stereocenters. The van der Waals surface area contributed by atoms with Gasteiger partial charge >= 0.3 is 0 Å². The van der Waals surface area contributed by atoms with E-state index in [2.05, 4.69) is 5.32 Å². The van der Waals surface area contributed by atoms with Gasteiger partial charge in [-0.1, -0.05) is 12.1 Å². The van der Waals surface area contributed by atoms with Crippen LogP contribution in [0.1, 0.15) is 18.4 Å². The quantitative estimate of drug-likeness (QED) is 0.669. The summed E-state index contributed by atoms with van der Waals surface area (Å²) < 4.78 is 0. The zero-order valence-electron chi connectivity index (χ0n) is 8.11. The molecule has 0 heterocycles. The molecule has 3 heteroatoms. The summed E-state index contributed by atoms with van der Waals surface area (Å²) in [5.41, 5.74) is 6.88. The summed E-state index contributed by atoms with van der Waals surface area (Å²) in [5, 5.41) is 12.5. The number of benzene rings is 1. The number of hydrogen-bond donors (Lipinski definition) is 3. The van der Waals surface area contributed by atoms with E-state index in [0.717, 1.165) is 19.4 Å². The Bertz CT molecular complexity index is 291. The molecule has 0 saturated heterocycles. The normalized spacial score (nSPS) is 25.8. The number of rotatable bonds is 3. The fourth-order valence-electron chi connectivity index (χ4n) is 1.70. The lowest BCUT2D eigenvalue weighted by Gasteiger charge is -2.33. The van der Waals surface area contributed by atoms with Gasteiger partial charge in [0.1, 0.15) is 5.75 Å². The van der Waals surface area contributed by atoms with Crippen LogP contribution in [0.2, 0.25) is 0 Å². The molecule has 1 aliphatic rings. The highest BCUT2D eigenvalue weighted by atomic mass is 16.3. The van der Waals surface area contributed by atoms with E-state index >= 15 is 0 Å². The van der Waals surface area contributed by atoms with Crippen molar-refractivity contribution in [2.75, 3.05) is 0 Å². The van der Waals surface area contributed by atoms with Gasteiger partial charge in [0.2, 0.25) is 0 Å². The maximum absolute atomic E-state index is 9.09. The summed E-state index contributed by atoms with van der Waals surface area (Å²) in [6.45, 7) is 0.859. The fraction of sp³-hybridized carbons (Fsp3) is 0.455. The van der Waals surface area contributed by atoms with Crippen molar-refractivity contribution in [2.45, 2.75) is 31.5 Å². The number of phenols is 1. The monoisotopic (exact) mass is 192 g/mol. The largest absolute Gasteiger partial charge is 0.508 e. The minimum absolute atomic E-state index is 0.319. The third-order valence-electron chi connectivity index (χ3n) is 2.71. The highest BCUT2D eigenvalue weighted by molar-refractivity contribution is 5.25. The Balaban J connectivity index is 1.78. The van der Waals surface area contributed by atoms with Gasteiger partial charge < -0.3 is 16.2 Å².